The Kier molecular flexibility index (Phi) is 6.18. The highest BCUT2D eigenvalue weighted by molar-refractivity contribution is 7.99. The molecule has 10 heteroatoms. The average Bonchev–Trinajstić information content (AvgIpc) is 2.83. The van der Waals surface area contributed by atoms with Crippen LogP contribution in [0.15, 0.2) is 76.8 Å². The molecule has 0 radical (unpaired) electrons. The number of aryl methyl sites for hydroxylation is 1. The maximum absolute atomic E-state index is 13.2. The first-order chi connectivity index (χ1) is 15.8. The summed E-state index contributed by atoms with van der Waals surface area (Å²) < 4.78 is 1.41. The first-order valence-corrected chi connectivity index (χ1v) is 10.9. The average molecular weight is 462 g/mol. The van der Waals surface area contributed by atoms with Gasteiger partial charge in [-0.05, 0) is 42.8 Å². The Bertz CT molecular complexity index is 1400. The van der Waals surface area contributed by atoms with Crippen LogP contribution in [-0.2, 0) is 4.79 Å². The van der Waals surface area contributed by atoms with Gasteiger partial charge in [0.25, 0.3) is 11.2 Å². The van der Waals surface area contributed by atoms with E-state index < -0.39 is 4.92 Å². The molecule has 2 aromatic heterocycles. The highest BCUT2D eigenvalue weighted by Gasteiger charge is 2.18. The van der Waals surface area contributed by atoms with Gasteiger partial charge >= 0.3 is 0 Å². The molecule has 0 spiro atoms. The molecule has 0 aliphatic carbocycles. The third-order valence-electron chi connectivity index (χ3n) is 5.02. The summed E-state index contributed by atoms with van der Waals surface area (Å²) in [6.07, 6.45) is 1.67. The number of thioether (sulfide) groups is 1. The smallest absolute Gasteiger partial charge is 0.269 e. The molecule has 4 aromatic rings. The molecule has 0 aliphatic rings. The number of amides is 1. The maximum atomic E-state index is 13.2. The molecule has 0 saturated heterocycles. The molecule has 2 heterocycles. The van der Waals surface area contributed by atoms with Gasteiger partial charge in [-0.2, -0.15) is 0 Å². The van der Waals surface area contributed by atoms with E-state index in [1.54, 1.807) is 43.6 Å². The van der Waals surface area contributed by atoms with Crippen molar-refractivity contribution < 1.29 is 9.72 Å². The minimum Gasteiger partial charge on any atom is -0.315 e. The monoisotopic (exact) mass is 461 g/mol. The summed E-state index contributed by atoms with van der Waals surface area (Å²) in [5.41, 5.74) is 1.69. The highest BCUT2D eigenvalue weighted by atomic mass is 32.2. The van der Waals surface area contributed by atoms with Crippen LogP contribution in [0.5, 0.6) is 0 Å². The van der Waals surface area contributed by atoms with Crippen molar-refractivity contribution in [3.8, 4) is 5.82 Å². The summed E-state index contributed by atoms with van der Waals surface area (Å²) in [5, 5.41) is 11.6. The number of benzene rings is 2. The van der Waals surface area contributed by atoms with E-state index in [0.717, 1.165) is 17.3 Å². The predicted octanol–water partition coefficient (Wildman–Crippen LogP) is 3.75. The number of non-ortho nitro benzene ring substituents is 1. The number of rotatable bonds is 6. The van der Waals surface area contributed by atoms with Crippen molar-refractivity contribution in [2.45, 2.75) is 12.1 Å². The van der Waals surface area contributed by atoms with Crippen LogP contribution in [0.25, 0.3) is 16.7 Å². The molecule has 4 rings (SSSR count). The largest absolute Gasteiger partial charge is 0.315 e. The third kappa shape index (κ3) is 4.60. The van der Waals surface area contributed by atoms with Crippen LogP contribution in [0, 0.1) is 17.0 Å². The van der Waals surface area contributed by atoms with Gasteiger partial charge in [0.2, 0.25) is 5.91 Å². The van der Waals surface area contributed by atoms with Gasteiger partial charge in [-0.15, -0.1) is 0 Å². The lowest BCUT2D eigenvalue weighted by Crippen LogP contribution is -2.29. The van der Waals surface area contributed by atoms with Crippen molar-refractivity contribution in [1.29, 1.82) is 0 Å². The molecule has 33 heavy (non-hydrogen) atoms. The second kappa shape index (κ2) is 9.21. The van der Waals surface area contributed by atoms with E-state index in [2.05, 4.69) is 9.97 Å². The molecule has 0 aliphatic heterocycles. The van der Waals surface area contributed by atoms with Crippen molar-refractivity contribution in [2.75, 3.05) is 17.7 Å². The predicted molar refractivity (Wildman–Crippen MR) is 127 cm³/mol. The number of hydrogen-bond acceptors (Lipinski definition) is 7. The summed E-state index contributed by atoms with van der Waals surface area (Å²) >= 11 is 1.13. The lowest BCUT2D eigenvalue weighted by atomic mass is 10.2. The Morgan fingerprint density at radius 3 is 2.52 bits per heavy atom. The summed E-state index contributed by atoms with van der Waals surface area (Å²) in [7, 11) is 1.59. The van der Waals surface area contributed by atoms with Crippen LogP contribution in [0.2, 0.25) is 0 Å². The fourth-order valence-corrected chi connectivity index (χ4v) is 4.08. The number of nitrogens with zero attached hydrogens (tertiary/aromatic N) is 5. The van der Waals surface area contributed by atoms with E-state index in [1.165, 1.54) is 33.7 Å². The van der Waals surface area contributed by atoms with Crippen LogP contribution in [0.3, 0.4) is 0 Å². The molecular weight excluding hydrogens is 442 g/mol. The number of nitro groups is 1. The number of aromatic nitrogens is 3. The van der Waals surface area contributed by atoms with Crippen molar-refractivity contribution in [3.05, 3.63) is 92.9 Å². The van der Waals surface area contributed by atoms with Crippen molar-refractivity contribution >= 4 is 39.9 Å². The minimum atomic E-state index is -0.495. The lowest BCUT2D eigenvalue weighted by molar-refractivity contribution is -0.384. The zero-order valence-corrected chi connectivity index (χ0v) is 18.7. The fraction of sp³-hybridized carbons (Fsp3) is 0.130. The molecule has 0 unspecified atom stereocenters. The number of carbonyl (C=O) groups excluding carboxylic acids is 1. The number of nitro benzene ring substituents is 1. The minimum absolute atomic E-state index is 0.00410. The van der Waals surface area contributed by atoms with E-state index in [0.29, 0.717) is 27.6 Å². The van der Waals surface area contributed by atoms with Gasteiger partial charge in [0, 0.05) is 31.1 Å². The number of fused-ring (bicyclic) bond motifs is 1. The second-order valence-electron chi connectivity index (χ2n) is 7.26. The standard InChI is InChI=1S/C23H19N5O4S/c1-15-7-12-20(24-13-15)27-22(30)18-5-3-4-6-19(18)25-23(27)33-14-21(29)26(2)16-8-10-17(11-9-16)28(31)32/h3-13H,14H2,1-2H3. The molecule has 0 fully saturated rings. The van der Waals surface area contributed by atoms with Crippen molar-refractivity contribution in [3.63, 3.8) is 0 Å². The van der Waals surface area contributed by atoms with Crippen LogP contribution < -0.4 is 10.5 Å². The Morgan fingerprint density at radius 2 is 1.85 bits per heavy atom. The second-order valence-corrected chi connectivity index (χ2v) is 8.20. The molecule has 0 N–H and O–H groups in total. The summed E-state index contributed by atoms with van der Waals surface area (Å²) in [6.45, 7) is 1.90. The Morgan fingerprint density at radius 1 is 1.12 bits per heavy atom. The molecule has 9 nitrogen and oxygen atoms in total. The van der Waals surface area contributed by atoms with E-state index >= 15 is 0 Å². The van der Waals surface area contributed by atoms with Gasteiger partial charge in [-0.3, -0.25) is 19.7 Å². The van der Waals surface area contributed by atoms with E-state index in [9.17, 15) is 19.7 Å². The number of para-hydroxylation sites is 1. The first kappa shape index (κ1) is 22.2. The number of hydrogen-bond donors (Lipinski definition) is 0. The van der Waals surface area contributed by atoms with Crippen molar-refractivity contribution in [2.24, 2.45) is 0 Å². The van der Waals surface area contributed by atoms with Gasteiger partial charge in [0.15, 0.2) is 5.16 Å². The number of pyridine rings is 1. The number of carbonyl (C=O) groups is 1. The van der Waals surface area contributed by atoms with Gasteiger partial charge in [0.1, 0.15) is 5.82 Å². The van der Waals surface area contributed by atoms with E-state index in [1.807, 2.05) is 13.0 Å². The fourth-order valence-electron chi connectivity index (χ4n) is 3.17. The molecule has 0 atom stereocenters. The van der Waals surface area contributed by atoms with Crippen LogP contribution in [-0.4, -0.2) is 38.2 Å². The zero-order valence-electron chi connectivity index (χ0n) is 17.8. The molecule has 0 saturated carbocycles. The number of anilines is 1. The normalized spacial score (nSPS) is 10.8. The SMILES string of the molecule is Cc1ccc(-n2c(SCC(=O)N(C)c3ccc([N+](=O)[O-])cc3)nc3ccccc3c2=O)nc1. The highest BCUT2D eigenvalue weighted by Crippen LogP contribution is 2.23. The van der Waals surface area contributed by atoms with Gasteiger partial charge in [-0.25, -0.2) is 14.5 Å². The lowest BCUT2D eigenvalue weighted by Gasteiger charge is -2.18. The topological polar surface area (TPSA) is 111 Å². The summed E-state index contributed by atoms with van der Waals surface area (Å²) in [6, 6.07) is 16.3. The first-order valence-electron chi connectivity index (χ1n) is 9.94. The Hall–Kier alpha value is -4.05. The summed E-state index contributed by atoms with van der Waals surface area (Å²) in [4.78, 5) is 46.8. The van der Waals surface area contributed by atoms with Gasteiger partial charge in [-0.1, -0.05) is 30.0 Å². The molecule has 1 amide bonds. The van der Waals surface area contributed by atoms with E-state index in [-0.39, 0.29) is 22.9 Å². The molecule has 166 valence electrons. The Balaban J connectivity index is 1.64. The van der Waals surface area contributed by atoms with Gasteiger partial charge in [0.05, 0.1) is 21.6 Å². The third-order valence-corrected chi connectivity index (χ3v) is 5.94. The van der Waals surface area contributed by atoms with Crippen LogP contribution in [0.4, 0.5) is 11.4 Å². The van der Waals surface area contributed by atoms with Crippen LogP contribution in [0.1, 0.15) is 5.56 Å². The molecule has 2 aromatic carbocycles. The summed E-state index contributed by atoms with van der Waals surface area (Å²) in [5.74, 6) is 0.173. The molecule has 0 bridgehead atoms. The molecular formula is C23H19N5O4S. The zero-order chi connectivity index (χ0) is 23.5. The maximum Gasteiger partial charge on any atom is 0.269 e. The quantitative estimate of drug-likeness (QED) is 0.186. The van der Waals surface area contributed by atoms with Crippen LogP contribution >= 0.6 is 11.8 Å². The van der Waals surface area contributed by atoms with Gasteiger partial charge < -0.3 is 4.90 Å². The van der Waals surface area contributed by atoms with E-state index in [4.69, 9.17) is 0 Å². The van der Waals surface area contributed by atoms with Crippen molar-refractivity contribution in [1.82, 2.24) is 14.5 Å². The Labute approximate surface area is 192 Å².